The molecule has 27 heavy (non-hydrogen) atoms. The number of carbonyl (C=O) groups excluding carboxylic acids is 2. The van der Waals surface area contributed by atoms with Crippen molar-refractivity contribution >= 4 is 17.5 Å². The lowest BCUT2D eigenvalue weighted by Gasteiger charge is -2.10. The lowest BCUT2D eigenvalue weighted by molar-refractivity contribution is -0.137. The highest BCUT2D eigenvalue weighted by atomic mass is 19.4. The third-order valence-electron chi connectivity index (χ3n) is 3.34. The molecule has 0 aliphatic rings. The van der Waals surface area contributed by atoms with Crippen LogP contribution in [0.25, 0.3) is 0 Å². The van der Waals surface area contributed by atoms with Crippen molar-refractivity contribution in [2.75, 3.05) is 18.5 Å². The number of nitrogens with one attached hydrogen (secondary N) is 2. The van der Waals surface area contributed by atoms with E-state index in [0.29, 0.717) is 5.56 Å². The van der Waals surface area contributed by atoms with E-state index in [-0.39, 0.29) is 18.0 Å². The number of benzene rings is 2. The molecule has 0 heterocycles. The molecule has 0 bridgehead atoms. The third-order valence-corrected chi connectivity index (χ3v) is 3.34. The van der Waals surface area contributed by atoms with Crippen LogP contribution in [0.4, 0.5) is 23.2 Å². The van der Waals surface area contributed by atoms with Crippen LogP contribution >= 0.6 is 0 Å². The summed E-state index contributed by atoms with van der Waals surface area (Å²) in [7, 11) is 0. The van der Waals surface area contributed by atoms with Crippen molar-refractivity contribution in [2.24, 2.45) is 0 Å². The van der Waals surface area contributed by atoms with Crippen LogP contribution in [0.1, 0.15) is 11.1 Å². The maximum atomic E-state index is 12.8. The Kier molecular flexibility index (Phi) is 6.89. The minimum atomic E-state index is -4.51. The minimum absolute atomic E-state index is 0.0285. The number of alkyl halides is 3. The highest BCUT2D eigenvalue weighted by molar-refractivity contribution is 5.92. The largest absolute Gasteiger partial charge is 0.416 e. The van der Waals surface area contributed by atoms with Gasteiger partial charge in [0.05, 0.1) is 5.56 Å². The van der Waals surface area contributed by atoms with Gasteiger partial charge in [0.15, 0.2) is 0 Å². The molecule has 0 fully saturated rings. The Morgan fingerprint density at radius 1 is 0.963 bits per heavy atom. The molecule has 0 saturated carbocycles. The van der Waals surface area contributed by atoms with Gasteiger partial charge in [-0.05, 0) is 35.9 Å². The Morgan fingerprint density at radius 3 is 2.30 bits per heavy atom. The van der Waals surface area contributed by atoms with E-state index in [1.165, 1.54) is 36.4 Å². The fourth-order valence-corrected chi connectivity index (χ4v) is 2.06. The highest BCUT2D eigenvalue weighted by Gasteiger charge is 2.30. The van der Waals surface area contributed by atoms with Crippen molar-refractivity contribution in [1.82, 2.24) is 5.32 Å². The molecule has 2 N–H and O–H groups in total. The van der Waals surface area contributed by atoms with Crippen LogP contribution in [0.15, 0.2) is 48.5 Å². The summed E-state index contributed by atoms with van der Waals surface area (Å²) in [6, 6.07) is 9.71. The van der Waals surface area contributed by atoms with Gasteiger partial charge in [-0.3, -0.25) is 9.59 Å². The van der Waals surface area contributed by atoms with Crippen LogP contribution in [-0.2, 0) is 27.0 Å². The molecule has 2 aromatic rings. The van der Waals surface area contributed by atoms with Crippen molar-refractivity contribution in [3.8, 4) is 0 Å². The smallest absolute Gasteiger partial charge is 0.362 e. The number of anilines is 1. The number of hydrogen-bond donors (Lipinski definition) is 2. The van der Waals surface area contributed by atoms with Crippen LogP contribution in [0, 0.1) is 5.82 Å². The molecule has 0 aliphatic heterocycles. The second kappa shape index (κ2) is 9.13. The van der Waals surface area contributed by atoms with Gasteiger partial charge < -0.3 is 15.4 Å². The third kappa shape index (κ3) is 7.06. The van der Waals surface area contributed by atoms with Crippen molar-refractivity contribution in [3.63, 3.8) is 0 Å². The van der Waals surface area contributed by atoms with Gasteiger partial charge in [-0.15, -0.1) is 0 Å². The van der Waals surface area contributed by atoms with Gasteiger partial charge in [-0.2, -0.15) is 13.2 Å². The maximum Gasteiger partial charge on any atom is 0.416 e. The zero-order chi connectivity index (χ0) is 19.9. The Morgan fingerprint density at radius 2 is 1.63 bits per heavy atom. The second-order valence-electron chi connectivity index (χ2n) is 5.52. The molecule has 0 atom stereocenters. The Hall–Kier alpha value is -2.94. The molecule has 0 aliphatic carbocycles. The van der Waals surface area contributed by atoms with Gasteiger partial charge in [-0.1, -0.05) is 18.2 Å². The first-order valence-electron chi connectivity index (χ1n) is 7.80. The average Bonchev–Trinajstić information content (AvgIpc) is 2.61. The zero-order valence-corrected chi connectivity index (χ0v) is 14.0. The lowest BCUT2D eigenvalue weighted by atomic mass is 10.2. The SMILES string of the molecule is O=C(COCC(=O)Nc1cccc(C(F)(F)F)c1)NCc1ccc(F)cc1. The normalized spacial score (nSPS) is 11.1. The van der Waals surface area contributed by atoms with E-state index in [1.807, 2.05) is 0 Å². The molecular weight excluding hydrogens is 368 g/mol. The number of hydrogen-bond acceptors (Lipinski definition) is 3. The molecular formula is C18H16F4N2O3. The van der Waals surface area contributed by atoms with E-state index in [9.17, 15) is 27.2 Å². The first-order chi connectivity index (χ1) is 12.7. The molecule has 9 heteroatoms. The summed E-state index contributed by atoms with van der Waals surface area (Å²) in [6.45, 7) is -0.740. The lowest BCUT2D eigenvalue weighted by Crippen LogP contribution is -2.29. The second-order valence-corrected chi connectivity index (χ2v) is 5.52. The first-order valence-corrected chi connectivity index (χ1v) is 7.80. The summed E-state index contributed by atoms with van der Waals surface area (Å²) < 4.78 is 55.5. The molecule has 0 aromatic heterocycles. The average molecular weight is 384 g/mol. The van der Waals surface area contributed by atoms with Gasteiger partial charge in [0, 0.05) is 12.2 Å². The van der Waals surface area contributed by atoms with E-state index >= 15 is 0 Å². The van der Waals surface area contributed by atoms with Gasteiger partial charge in [-0.25, -0.2) is 4.39 Å². The molecule has 2 rings (SSSR count). The molecule has 2 aromatic carbocycles. The molecule has 2 amide bonds. The van der Waals surface area contributed by atoms with Crippen molar-refractivity contribution in [2.45, 2.75) is 12.7 Å². The fraction of sp³-hybridized carbons (Fsp3) is 0.222. The van der Waals surface area contributed by atoms with Gasteiger partial charge in [0.1, 0.15) is 19.0 Å². The predicted molar refractivity (Wildman–Crippen MR) is 89.1 cm³/mol. The summed E-state index contributed by atoms with van der Waals surface area (Å²) in [5.74, 6) is -1.58. The van der Waals surface area contributed by atoms with Crippen LogP contribution < -0.4 is 10.6 Å². The molecule has 0 saturated heterocycles. The van der Waals surface area contributed by atoms with Crippen molar-refractivity contribution in [3.05, 3.63) is 65.5 Å². The van der Waals surface area contributed by atoms with E-state index in [4.69, 9.17) is 4.74 Å². The van der Waals surface area contributed by atoms with Crippen LogP contribution in [0.2, 0.25) is 0 Å². The topological polar surface area (TPSA) is 67.4 Å². The maximum absolute atomic E-state index is 12.8. The van der Waals surface area contributed by atoms with Crippen LogP contribution in [0.3, 0.4) is 0 Å². The number of amides is 2. The Balaban J connectivity index is 1.71. The number of ether oxygens (including phenoxy) is 1. The number of rotatable bonds is 7. The summed E-state index contributed by atoms with van der Waals surface area (Å²) >= 11 is 0. The Labute approximate surface area is 152 Å². The summed E-state index contributed by atoms with van der Waals surface area (Å²) in [5, 5.41) is 4.78. The number of carbonyl (C=O) groups is 2. The zero-order valence-electron chi connectivity index (χ0n) is 14.0. The highest BCUT2D eigenvalue weighted by Crippen LogP contribution is 2.30. The Bertz CT molecular complexity index is 792. The molecule has 0 spiro atoms. The van der Waals surface area contributed by atoms with Crippen LogP contribution in [0.5, 0.6) is 0 Å². The van der Waals surface area contributed by atoms with E-state index < -0.39 is 36.8 Å². The first kappa shape index (κ1) is 20.4. The molecule has 5 nitrogen and oxygen atoms in total. The standard InChI is InChI=1S/C18H16F4N2O3/c19-14-6-4-12(5-7-14)9-23-16(25)10-27-11-17(26)24-15-3-1-2-13(8-15)18(20,21)22/h1-8H,9-11H2,(H,23,25)(H,24,26). The van der Waals surface area contributed by atoms with Gasteiger partial charge >= 0.3 is 6.18 Å². The summed E-state index contributed by atoms with van der Waals surface area (Å²) in [4.78, 5) is 23.3. The van der Waals surface area contributed by atoms with Crippen LogP contribution in [-0.4, -0.2) is 25.0 Å². The van der Waals surface area contributed by atoms with Crippen molar-refractivity contribution in [1.29, 1.82) is 0 Å². The quantitative estimate of drug-likeness (QED) is 0.721. The summed E-state index contributed by atoms with van der Waals surface area (Å²) in [5.41, 5.74) is -0.229. The van der Waals surface area contributed by atoms with E-state index in [0.717, 1.165) is 12.1 Å². The van der Waals surface area contributed by atoms with E-state index in [2.05, 4.69) is 10.6 Å². The van der Waals surface area contributed by atoms with Gasteiger partial charge in [0.2, 0.25) is 11.8 Å². The monoisotopic (exact) mass is 384 g/mol. The fourth-order valence-electron chi connectivity index (χ4n) is 2.06. The molecule has 0 unspecified atom stereocenters. The molecule has 0 radical (unpaired) electrons. The van der Waals surface area contributed by atoms with E-state index in [1.54, 1.807) is 0 Å². The van der Waals surface area contributed by atoms with Crippen molar-refractivity contribution < 1.29 is 31.9 Å². The number of halogens is 4. The molecule has 144 valence electrons. The van der Waals surface area contributed by atoms with Gasteiger partial charge in [0.25, 0.3) is 0 Å². The summed E-state index contributed by atoms with van der Waals surface area (Å²) in [6.07, 6.45) is -4.51. The minimum Gasteiger partial charge on any atom is -0.362 e. The predicted octanol–water partition coefficient (Wildman–Crippen LogP) is 3.12.